The van der Waals surface area contributed by atoms with Crippen molar-refractivity contribution in [1.29, 1.82) is 0 Å². The maximum atomic E-state index is 9.60. The number of rotatable bonds is 4. The van der Waals surface area contributed by atoms with E-state index < -0.39 is 0 Å². The highest BCUT2D eigenvalue weighted by molar-refractivity contribution is 5.37. The largest absolute Gasteiger partial charge is 0.462 e. The number of piperidine rings is 2. The van der Waals surface area contributed by atoms with Crippen molar-refractivity contribution in [2.24, 2.45) is 5.73 Å². The van der Waals surface area contributed by atoms with E-state index in [9.17, 15) is 4.79 Å². The Kier molecular flexibility index (Phi) is 12.6. The summed E-state index contributed by atoms with van der Waals surface area (Å²) in [5, 5.41) is 3.89. The SMILES string of the molecule is CC.CC(C)(C)OC=O.CN1CCC(C)(N2CCC(NC3CCCCC3N)CC2)CC1. The molecule has 3 N–H and O–H groups in total. The molecule has 0 aromatic carbocycles. The van der Waals surface area contributed by atoms with Crippen LogP contribution in [-0.4, -0.2) is 78.8 Å². The fourth-order valence-electron chi connectivity index (χ4n) is 4.82. The van der Waals surface area contributed by atoms with Gasteiger partial charge in [0.1, 0.15) is 5.60 Å². The molecular weight excluding hydrogens is 388 g/mol. The van der Waals surface area contributed by atoms with Gasteiger partial charge in [-0.15, -0.1) is 0 Å². The lowest BCUT2D eigenvalue weighted by Gasteiger charge is -2.49. The number of hydrogen-bond donors (Lipinski definition) is 2. The van der Waals surface area contributed by atoms with E-state index in [1.807, 2.05) is 34.6 Å². The van der Waals surface area contributed by atoms with Gasteiger partial charge >= 0.3 is 0 Å². The second-order valence-corrected chi connectivity index (χ2v) is 10.6. The average Bonchev–Trinajstić information content (AvgIpc) is 2.74. The second-order valence-electron chi connectivity index (χ2n) is 10.6. The van der Waals surface area contributed by atoms with E-state index >= 15 is 0 Å². The van der Waals surface area contributed by atoms with Crippen molar-refractivity contribution < 1.29 is 9.53 Å². The summed E-state index contributed by atoms with van der Waals surface area (Å²) in [5.41, 5.74) is 6.42. The van der Waals surface area contributed by atoms with E-state index in [0.29, 0.717) is 30.1 Å². The lowest BCUT2D eigenvalue weighted by Crippen LogP contribution is -2.58. The van der Waals surface area contributed by atoms with Crippen molar-refractivity contribution in [3.8, 4) is 0 Å². The predicted molar refractivity (Wildman–Crippen MR) is 131 cm³/mol. The third-order valence-corrected chi connectivity index (χ3v) is 6.99. The lowest BCUT2D eigenvalue weighted by molar-refractivity contribution is -0.138. The molecule has 6 nitrogen and oxygen atoms in total. The number of nitrogens with zero attached hydrogens (tertiary/aromatic N) is 2. The maximum absolute atomic E-state index is 9.60. The van der Waals surface area contributed by atoms with Gasteiger partial charge in [0, 0.05) is 36.8 Å². The lowest BCUT2D eigenvalue weighted by atomic mass is 9.85. The van der Waals surface area contributed by atoms with E-state index in [1.165, 1.54) is 77.5 Å². The zero-order valence-electron chi connectivity index (χ0n) is 21.6. The van der Waals surface area contributed by atoms with Crippen molar-refractivity contribution in [1.82, 2.24) is 15.1 Å². The fraction of sp³-hybridized carbons (Fsp3) is 0.960. The molecule has 2 aliphatic heterocycles. The highest BCUT2D eigenvalue weighted by atomic mass is 16.5. The van der Waals surface area contributed by atoms with E-state index in [1.54, 1.807) is 0 Å². The average molecular weight is 441 g/mol. The van der Waals surface area contributed by atoms with Gasteiger partial charge in [0.15, 0.2) is 0 Å². The minimum atomic E-state index is -0.318. The minimum absolute atomic E-state index is 0.318. The Morgan fingerprint density at radius 2 is 1.55 bits per heavy atom. The summed E-state index contributed by atoms with van der Waals surface area (Å²) in [7, 11) is 2.25. The molecule has 3 aliphatic rings. The Bertz CT molecular complexity index is 478. The Labute approximate surface area is 192 Å². The van der Waals surface area contributed by atoms with Crippen LogP contribution < -0.4 is 11.1 Å². The highest BCUT2D eigenvalue weighted by Gasteiger charge is 2.37. The summed E-state index contributed by atoms with van der Waals surface area (Å²) in [6, 6.07) is 1.66. The van der Waals surface area contributed by atoms with Gasteiger partial charge in [-0.2, -0.15) is 0 Å². The first kappa shape index (κ1) is 28.3. The van der Waals surface area contributed by atoms with Gasteiger partial charge in [-0.05, 0) is 86.4 Å². The van der Waals surface area contributed by atoms with E-state index in [4.69, 9.17) is 5.73 Å². The van der Waals surface area contributed by atoms with Gasteiger partial charge in [0.25, 0.3) is 6.47 Å². The number of carbonyl (C=O) groups excluding carboxylic acids is 1. The van der Waals surface area contributed by atoms with Gasteiger partial charge in [0.05, 0.1) is 0 Å². The van der Waals surface area contributed by atoms with Gasteiger partial charge in [-0.3, -0.25) is 9.69 Å². The number of ether oxygens (including phenoxy) is 1. The molecule has 0 aromatic rings. The van der Waals surface area contributed by atoms with Crippen LogP contribution in [0.3, 0.4) is 0 Å². The van der Waals surface area contributed by atoms with Gasteiger partial charge in [-0.25, -0.2) is 0 Å². The smallest absolute Gasteiger partial charge is 0.293 e. The molecule has 3 fully saturated rings. The first-order chi connectivity index (χ1) is 14.6. The third-order valence-electron chi connectivity index (χ3n) is 6.99. The molecule has 1 aliphatic carbocycles. The van der Waals surface area contributed by atoms with Crippen LogP contribution in [0.15, 0.2) is 0 Å². The molecule has 2 unspecified atom stereocenters. The Morgan fingerprint density at radius 3 is 2.00 bits per heavy atom. The molecule has 0 aromatic heterocycles. The fourth-order valence-corrected chi connectivity index (χ4v) is 4.82. The van der Waals surface area contributed by atoms with Crippen LogP contribution in [-0.2, 0) is 9.53 Å². The van der Waals surface area contributed by atoms with Gasteiger partial charge in [-0.1, -0.05) is 26.7 Å². The first-order valence-electron chi connectivity index (χ1n) is 12.7. The summed E-state index contributed by atoms with van der Waals surface area (Å²) in [4.78, 5) is 14.8. The number of nitrogens with two attached hydrogens (primary N) is 1. The molecule has 0 radical (unpaired) electrons. The van der Waals surface area contributed by atoms with E-state index in [0.717, 1.165) is 0 Å². The Balaban J connectivity index is 0.000000457. The van der Waals surface area contributed by atoms with Gasteiger partial charge in [0.2, 0.25) is 0 Å². The normalized spacial score (nSPS) is 27.9. The summed E-state index contributed by atoms with van der Waals surface area (Å²) < 4.78 is 4.55. The standard InChI is InChI=1S/C18H36N4.C5H10O2.C2H6/c1-18(9-13-21(2)14-10-18)22-11-7-15(8-12-22)20-17-6-4-3-5-16(17)19;1-5(2,3)7-4-6;1-2/h15-17,20H,3-14,19H2,1-2H3;4H,1-3H3;1-2H3. The first-order valence-corrected chi connectivity index (χ1v) is 12.7. The minimum Gasteiger partial charge on any atom is -0.462 e. The molecule has 3 rings (SSSR count). The van der Waals surface area contributed by atoms with Crippen LogP contribution in [0.2, 0.25) is 0 Å². The molecule has 2 saturated heterocycles. The van der Waals surface area contributed by atoms with Crippen molar-refractivity contribution in [3.05, 3.63) is 0 Å². The molecule has 6 heteroatoms. The van der Waals surface area contributed by atoms with E-state index in [-0.39, 0.29) is 5.60 Å². The summed E-state index contributed by atoms with van der Waals surface area (Å²) in [6.45, 7) is 17.5. The molecule has 184 valence electrons. The van der Waals surface area contributed by atoms with Crippen LogP contribution in [0.25, 0.3) is 0 Å². The van der Waals surface area contributed by atoms with Crippen LogP contribution in [0.1, 0.15) is 92.9 Å². The number of carbonyl (C=O) groups is 1. The predicted octanol–water partition coefficient (Wildman–Crippen LogP) is 3.78. The summed E-state index contributed by atoms with van der Waals surface area (Å²) >= 11 is 0. The molecule has 31 heavy (non-hydrogen) atoms. The monoisotopic (exact) mass is 440 g/mol. The van der Waals surface area contributed by atoms with Crippen molar-refractivity contribution in [2.45, 2.75) is 122 Å². The van der Waals surface area contributed by atoms with Crippen molar-refractivity contribution in [2.75, 3.05) is 33.2 Å². The third kappa shape index (κ3) is 10.2. The maximum Gasteiger partial charge on any atom is 0.293 e. The summed E-state index contributed by atoms with van der Waals surface area (Å²) in [5.74, 6) is 0. The topological polar surface area (TPSA) is 70.8 Å². The Morgan fingerprint density at radius 1 is 1.00 bits per heavy atom. The molecule has 0 spiro atoms. The molecule has 2 atom stereocenters. The molecule has 0 bridgehead atoms. The second kappa shape index (κ2) is 13.8. The van der Waals surface area contributed by atoms with Crippen LogP contribution in [0.5, 0.6) is 0 Å². The quantitative estimate of drug-likeness (QED) is 0.648. The van der Waals surface area contributed by atoms with Crippen LogP contribution >= 0.6 is 0 Å². The zero-order valence-corrected chi connectivity index (χ0v) is 21.6. The summed E-state index contributed by atoms with van der Waals surface area (Å²) in [6.07, 6.45) is 10.4. The van der Waals surface area contributed by atoms with Crippen molar-refractivity contribution in [3.63, 3.8) is 0 Å². The molecular formula is C25H52N4O2. The Hall–Kier alpha value is -0.690. The molecule has 2 heterocycles. The number of hydrogen-bond acceptors (Lipinski definition) is 6. The van der Waals surface area contributed by atoms with Crippen molar-refractivity contribution >= 4 is 6.47 Å². The highest BCUT2D eigenvalue weighted by Crippen LogP contribution is 2.31. The molecule has 1 saturated carbocycles. The van der Waals surface area contributed by atoms with Crippen LogP contribution in [0.4, 0.5) is 0 Å². The zero-order chi connectivity index (χ0) is 23.5. The van der Waals surface area contributed by atoms with Crippen LogP contribution in [0, 0.1) is 0 Å². The number of nitrogens with one attached hydrogen (secondary N) is 1. The number of likely N-dealkylation sites (tertiary alicyclic amines) is 2. The van der Waals surface area contributed by atoms with Gasteiger partial charge < -0.3 is 20.7 Å². The van der Waals surface area contributed by atoms with E-state index in [2.05, 4.69) is 33.8 Å². The molecule has 0 amide bonds.